The molecule has 0 aliphatic carbocycles. The van der Waals surface area contributed by atoms with Gasteiger partial charge in [-0.1, -0.05) is 110 Å². The van der Waals surface area contributed by atoms with E-state index in [1.165, 1.54) is 16.7 Å². The molecule has 1 N–H and O–H groups in total. The van der Waals surface area contributed by atoms with E-state index in [1.54, 1.807) is 0 Å². The molecular formula is C33H32N2O. The summed E-state index contributed by atoms with van der Waals surface area (Å²) in [6, 6.07) is 35.2. The van der Waals surface area contributed by atoms with Gasteiger partial charge < -0.3 is 9.73 Å². The van der Waals surface area contributed by atoms with Gasteiger partial charge in [0, 0.05) is 16.8 Å². The minimum absolute atomic E-state index is 0.193. The van der Waals surface area contributed by atoms with E-state index >= 15 is 0 Å². The van der Waals surface area contributed by atoms with E-state index in [0.29, 0.717) is 11.8 Å². The Morgan fingerprint density at radius 2 is 1.31 bits per heavy atom. The second-order valence-corrected chi connectivity index (χ2v) is 9.65. The molecule has 0 bridgehead atoms. The highest BCUT2D eigenvalue weighted by Gasteiger charge is 2.27. The van der Waals surface area contributed by atoms with Crippen molar-refractivity contribution in [1.29, 1.82) is 0 Å². The Hall–Kier alpha value is -4.11. The lowest BCUT2D eigenvalue weighted by Crippen LogP contribution is -2.16. The zero-order valence-electron chi connectivity index (χ0n) is 21.3. The molecule has 1 atom stereocenters. The second kappa shape index (κ2) is 10.2. The Kier molecular flexibility index (Phi) is 6.73. The van der Waals surface area contributed by atoms with Crippen molar-refractivity contribution < 1.29 is 4.42 Å². The van der Waals surface area contributed by atoms with Crippen LogP contribution in [0.4, 0.5) is 5.69 Å². The van der Waals surface area contributed by atoms with Gasteiger partial charge in [-0.05, 0) is 48.6 Å². The fraction of sp³-hybridized carbons (Fsp3) is 0.182. The smallest absolute Gasteiger partial charge is 0.227 e. The number of anilines is 1. The van der Waals surface area contributed by atoms with Gasteiger partial charge in [-0.15, -0.1) is 0 Å². The molecule has 3 nitrogen and oxygen atoms in total. The Balaban J connectivity index is 1.72. The molecule has 3 heteroatoms. The van der Waals surface area contributed by atoms with Gasteiger partial charge in [0.15, 0.2) is 5.76 Å². The second-order valence-electron chi connectivity index (χ2n) is 9.65. The van der Waals surface area contributed by atoms with Crippen LogP contribution in [-0.4, -0.2) is 4.98 Å². The molecule has 0 saturated carbocycles. The molecule has 5 rings (SSSR count). The molecule has 0 spiro atoms. The number of aryl methyl sites for hydroxylation is 2. The molecule has 0 radical (unpaired) electrons. The number of rotatable bonds is 7. The maximum Gasteiger partial charge on any atom is 0.227 e. The topological polar surface area (TPSA) is 38.1 Å². The summed E-state index contributed by atoms with van der Waals surface area (Å²) in [5.41, 5.74) is 8.95. The molecule has 4 aromatic carbocycles. The lowest BCUT2D eigenvalue weighted by molar-refractivity contribution is 0.587. The maximum atomic E-state index is 6.50. The zero-order valence-corrected chi connectivity index (χ0v) is 21.3. The van der Waals surface area contributed by atoms with Crippen LogP contribution < -0.4 is 5.32 Å². The summed E-state index contributed by atoms with van der Waals surface area (Å²) in [5, 5.41) is 3.91. The summed E-state index contributed by atoms with van der Waals surface area (Å²) in [4.78, 5) is 5.12. The summed E-state index contributed by atoms with van der Waals surface area (Å²) in [7, 11) is 0. The van der Waals surface area contributed by atoms with Crippen molar-refractivity contribution in [1.82, 2.24) is 4.98 Å². The van der Waals surface area contributed by atoms with E-state index in [4.69, 9.17) is 9.40 Å². The van der Waals surface area contributed by atoms with Crippen molar-refractivity contribution >= 4 is 5.69 Å². The fourth-order valence-corrected chi connectivity index (χ4v) is 4.78. The molecule has 1 unspecified atom stereocenters. The van der Waals surface area contributed by atoms with Crippen LogP contribution in [0.3, 0.4) is 0 Å². The first-order valence-corrected chi connectivity index (χ1v) is 12.6. The standard InChI is InChI=1S/C33H32N2O/c1-22(2)28-21-23(3)20-24(4)29(28)34-30(25-14-8-5-9-15-25)31-32(26-16-10-6-11-17-26)36-33(35-31)27-18-12-7-13-19-27/h5-22,30,34H,1-4H3. The van der Waals surface area contributed by atoms with Crippen molar-refractivity contribution in [3.63, 3.8) is 0 Å². The molecular weight excluding hydrogens is 440 g/mol. The summed E-state index contributed by atoms with van der Waals surface area (Å²) >= 11 is 0. The Morgan fingerprint density at radius 3 is 1.92 bits per heavy atom. The maximum absolute atomic E-state index is 6.50. The number of hydrogen-bond acceptors (Lipinski definition) is 3. The zero-order chi connectivity index (χ0) is 25.1. The number of benzene rings is 4. The van der Waals surface area contributed by atoms with Crippen LogP contribution >= 0.6 is 0 Å². The molecule has 0 saturated heterocycles. The van der Waals surface area contributed by atoms with Crippen LogP contribution in [0.1, 0.15) is 53.8 Å². The average molecular weight is 473 g/mol. The minimum atomic E-state index is -0.193. The molecule has 5 aromatic rings. The van der Waals surface area contributed by atoms with Crippen LogP contribution in [0.25, 0.3) is 22.8 Å². The van der Waals surface area contributed by atoms with Crippen molar-refractivity contribution in [3.05, 3.63) is 131 Å². The lowest BCUT2D eigenvalue weighted by Gasteiger charge is -2.25. The van der Waals surface area contributed by atoms with Gasteiger partial charge in [-0.25, -0.2) is 4.98 Å². The van der Waals surface area contributed by atoms with E-state index in [-0.39, 0.29) is 6.04 Å². The Labute approximate surface area is 213 Å². The van der Waals surface area contributed by atoms with Crippen LogP contribution in [0, 0.1) is 13.8 Å². The van der Waals surface area contributed by atoms with Gasteiger partial charge in [0.1, 0.15) is 5.69 Å². The van der Waals surface area contributed by atoms with E-state index in [2.05, 4.69) is 81.5 Å². The highest BCUT2D eigenvalue weighted by Crippen LogP contribution is 2.39. The van der Waals surface area contributed by atoms with E-state index < -0.39 is 0 Å². The van der Waals surface area contributed by atoms with Crippen LogP contribution in [0.15, 0.2) is 108 Å². The summed E-state index contributed by atoms with van der Waals surface area (Å²) in [5.74, 6) is 1.79. The minimum Gasteiger partial charge on any atom is -0.436 e. The van der Waals surface area contributed by atoms with E-state index in [9.17, 15) is 0 Å². The van der Waals surface area contributed by atoms with Crippen molar-refractivity contribution in [2.24, 2.45) is 0 Å². The summed E-state index contributed by atoms with van der Waals surface area (Å²) in [6.45, 7) is 8.83. The van der Waals surface area contributed by atoms with Crippen LogP contribution in [-0.2, 0) is 0 Å². The molecule has 180 valence electrons. The largest absolute Gasteiger partial charge is 0.436 e. The lowest BCUT2D eigenvalue weighted by atomic mass is 9.93. The predicted molar refractivity (Wildman–Crippen MR) is 149 cm³/mol. The number of nitrogens with one attached hydrogen (secondary N) is 1. The van der Waals surface area contributed by atoms with Gasteiger partial charge >= 0.3 is 0 Å². The van der Waals surface area contributed by atoms with Crippen LogP contribution in [0.2, 0.25) is 0 Å². The molecule has 0 aliphatic rings. The normalized spacial score (nSPS) is 12.0. The molecule has 1 heterocycles. The highest BCUT2D eigenvalue weighted by atomic mass is 16.4. The molecule has 1 aromatic heterocycles. The molecule has 0 aliphatic heterocycles. The van der Waals surface area contributed by atoms with Crippen molar-refractivity contribution in [2.75, 3.05) is 5.32 Å². The highest BCUT2D eigenvalue weighted by molar-refractivity contribution is 5.68. The number of aromatic nitrogens is 1. The van der Waals surface area contributed by atoms with Gasteiger partial charge in [0.05, 0.1) is 6.04 Å². The average Bonchev–Trinajstić information content (AvgIpc) is 3.34. The predicted octanol–water partition coefficient (Wildman–Crippen LogP) is 8.95. The molecule has 36 heavy (non-hydrogen) atoms. The number of oxazole rings is 1. The third-order valence-electron chi connectivity index (χ3n) is 6.54. The van der Waals surface area contributed by atoms with Gasteiger partial charge in [0.2, 0.25) is 5.89 Å². The number of nitrogens with zero attached hydrogens (tertiary/aromatic N) is 1. The van der Waals surface area contributed by atoms with Crippen molar-refractivity contribution in [2.45, 2.75) is 39.7 Å². The van der Waals surface area contributed by atoms with E-state index in [0.717, 1.165) is 33.8 Å². The first kappa shape index (κ1) is 23.6. The SMILES string of the molecule is Cc1cc(C)c(NC(c2ccccc2)c2nc(-c3ccccc3)oc2-c2ccccc2)c(C(C)C)c1. The van der Waals surface area contributed by atoms with Gasteiger partial charge in [-0.3, -0.25) is 0 Å². The molecule has 0 amide bonds. The third kappa shape index (κ3) is 4.83. The van der Waals surface area contributed by atoms with Gasteiger partial charge in [0.25, 0.3) is 0 Å². The van der Waals surface area contributed by atoms with Crippen molar-refractivity contribution in [3.8, 4) is 22.8 Å². The first-order valence-electron chi connectivity index (χ1n) is 12.6. The fourth-order valence-electron chi connectivity index (χ4n) is 4.78. The summed E-state index contributed by atoms with van der Waals surface area (Å²) < 4.78 is 6.50. The first-order chi connectivity index (χ1) is 17.5. The van der Waals surface area contributed by atoms with Crippen LogP contribution in [0.5, 0.6) is 0 Å². The quantitative estimate of drug-likeness (QED) is 0.257. The Bertz CT molecular complexity index is 1440. The monoisotopic (exact) mass is 472 g/mol. The Morgan fingerprint density at radius 1 is 0.722 bits per heavy atom. The molecule has 0 fully saturated rings. The van der Waals surface area contributed by atoms with Gasteiger partial charge in [-0.2, -0.15) is 0 Å². The third-order valence-corrected chi connectivity index (χ3v) is 6.54. The van der Waals surface area contributed by atoms with E-state index in [1.807, 2.05) is 54.6 Å². The summed E-state index contributed by atoms with van der Waals surface area (Å²) in [6.07, 6.45) is 0. The number of hydrogen-bond donors (Lipinski definition) is 1.